The molecule has 0 aliphatic heterocycles. The van der Waals surface area contributed by atoms with Gasteiger partial charge in [-0.05, 0) is 12.7 Å². The van der Waals surface area contributed by atoms with Crippen LogP contribution in [-0.2, 0) is 39.0 Å². The van der Waals surface area contributed by atoms with Gasteiger partial charge in [-0.2, -0.15) is 0 Å². The number of hydrazine groups is 1. The molecule has 74 valence electrons. The maximum absolute atomic E-state index is 5.12. The fourth-order valence-corrected chi connectivity index (χ4v) is 1.91. The molecule has 0 atom stereocenters. The van der Waals surface area contributed by atoms with Crippen molar-refractivity contribution >= 4 is 57.5 Å². The van der Waals surface area contributed by atoms with Crippen LogP contribution in [0.4, 0.5) is 0 Å². The van der Waals surface area contributed by atoms with Crippen molar-refractivity contribution in [2.75, 3.05) is 12.3 Å². The van der Waals surface area contributed by atoms with Crippen LogP contribution in [0.3, 0.4) is 0 Å². The first kappa shape index (κ1) is 21.1. The zero-order chi connectivity index (χ0) is 9.56. The largest absolute Gasteiger partial charge is 0.282 e. The summed E-state index contributed by atoms with van der Waals surface area (Å²) in [6.45, 7) is 4.85. The second-order valence-electron chi connectivity index (χ2n) is 1.86. The van der Waals surface area contributed by atoms with E-state index < -0.39 is 0 Å². The molecule has 0 saturated carbocycles. The Labute approximate surface area is 132 Å². The van der Waals surface area contributed by atoms with E-state index in [0.717, 1.165) is 16.6 Å². The van der Waals surface area contributed by atoms with Crippen LogP contribution in [0.15, 0.2) is 0 Å². The maximum atomic E-state index is 5.12. The monoisotopic (exact) mass is 368 g/mol. The van der Waals surface area contributed by atoms with Gasteiger partial charge < -0.3 is 0 Å². The van der Waals surface area contributed by atoms with Crippen molar-refractivity contribution in [3.8, 4) is 0 Å². The molecule has 0 bridgehead atoms. The van der Waals surface area contributed by atoms with E-state index in [9.17, 15) is 0 Å². The van der Waals surface area contributed by atoms with Gasteiger partial charge in [-0.25, -0.2) is 0 Å². The molecule has 0 aliphatic rings. The maximum Gasteiger partial charge on any atom is 0.154 e. The first-order valence-corrected chi connectivity index (χ1v) is 5.80. The predicted molar refractivity (Wildman–Crippen MR) is 67.8 cm³/mol. The minimum Gasteiger partial charge on any atom is -0.282 e. The van der Waals surface area contributed by atoms with Crippen molar-refractivity contribution < 1.29 is 39.0 Å². The van der Waals surface area contributed by atoms with E-state index in [1.807, 2.05) is 6.92 Å². The number of thioether (sulfide) groups is 1. The molecule has 1 N–H and O–H groups in total. The van der Waals surface area contributed by atoms with Crippen LogP contribution in [0.5, 0.6) is 0 Å². The van der Waals surface area contributed by atoms with Crippen molar-refractivity contribution in [2.45, 2.75) is 13.8 Å². The number of hydrogen-bond acceptors (Lipinski definition) is 3. The fraction of sp³-hybridized carbons (Fsp3) is 0.667. The van der Waals surface area contributed by atoms with Crippen LogP contribution in [-0.4, -0.2) is 25.9 Å². The van der Waals surface area contributed by atoms with Gasteiger partial charge in [0.15, 0.2) is 4.32 Å². The Balaban J connectivity index is -0.000000605. The summed E-state index contributed by atoms with van der Waals surface area (Å²) in [6.07, 6.45) is 0. The van der Waals surface area contributed by atoms with Gasteiger partial charge in [-0.3, -0.25) is 10.4 Å². The third kappa shape index (κ3) is 10.3. The van der Waals surface area contributed by atoms with E-state index in [0.29, 0.717) is 4.32 Å². The van der Waals surface area contributed by atoms with Crippen molar-refractivity contribution in [3.05, 3.63) is 0 Å². The van der Waals surface area contributed by atoms with Crippen molar-refractivity contribution in [3.63, 3.8) is 0 Å². The van der Waals surface area contributed by atoms with Crippen molar-refractivity contribution in [1.29, 1.82) is 0 Å². The van der Waals surface area contributed by atoms with E-state index in [2.05, 4.69) is 25.0 Å². The number of thiol groups is 1. The molecule has 14 heavy (non-hydrogen) atoms. The summed E-state index contributed by atoms with van der Waals surface area (Å²) in [4.78, 5) is 0. The molecule has 0 heterocycles. The second-order valence-corrected chi connectivity index (χ2v) is 4.92. The van der Waals surface area contributed by atoms with E-state index in [1.54, 1.807) is 16.8 Å². The third-order valence-electron chi connectivity index (χ3n) is 1.04. The molecule has 0 aromatic rings. The molecule has 0 fully saturated rings. The van der Waals surface area contributed by atoms with Gasteiger partial charge in [0.05, 0.1) is 0 Å². The summed E-state index contributed by atoms with van der Waals surface area (Å²) < 4.78 is 1.24. The average Bonchev–Trinajstić information content (AvgIpc) is 2.00. The molecule has 0 aromatic heterocycles. The van der Waals surface area contributed by atoms with Crippen molar-refractivity contribution in [1.82, 2.24) is 10.4 Å². The number of thiocarbonyl (C=S) groups is 2. The topological polar surface area (TPSA) is 15.3 Å². The van der Waals surface area contributed by atoms with E-state index in [1.165, 1.54) is 0 Å². The van der Waals surface area contributed by atoms with Crippen LogP contribution in [0.1, 0.15) is 13.8 Å². The Morgan fingerprint density at radius 1 is 1.36 bits per heavy atom. The first-order chi connectivity index (χ1) is 5.61. The average molecular weight is 371 g/mol. The fourth-order valence-electron chi connectivity index (χ4n) is 0.571. The van der Waals surface area contributed by atoms with Crippen LogP contribution in [0.2, 0.25) is 0 Å². The molecule has 2 nitrogen and oxygen atoms in total. The van der Waals surface area contributed by atoms with E-state index in [4.69, 9.17) is 24.4 Å². The Kier molecular flexibility index (Phi) is 19.2. The van der Waals surface area contributed by atoms with Gasteiger partial charge >= 0.3 is 0 Å². The first-order valence-electron chi connectivity index (χ1n) is 3.55. The Morgan fingerprint density at radius 3 is 2.14 bits per heavy atom. The van der Waals surface area contributed by atoms with Gasteiger partial charge in [-0.15, -0.1) is 12.6 Å². The number of rotatable bonds is 2. The molecular formula is C6H12N2S4Zn2. The molecular weight excluding hydrogens is 359 g/mol. The Bertz CT molecular complexity index is 179. The minimum atomic E-state index is 0. The summed E-state index contributed by atoms with van der Waals surface area (Å²) in [7, 11) is 0. The number of hydrogen-bond donors (Lipinski definition) is 2. The van der Waals surface area contributed by atoms with E-state index >= 15 is 0 Å². The summed E-state index contributed by atoms with van der Waals surface area (Å²) in [6, 6.07) is 0. The molecule has 8 heteroatoms. The molecule has 0 unspecified atom stereocenters. The smallest absolute Gasteiger partial charge is 0.154 e. The molecule has 0 amide bonds. The summed E-state index contributed by atoms with van der Waals surface area (Å²) in [5, 5.41) is 1.80. The standard InChI is InChI=1S/C6H12N2S4.2Zn/c1-3-8(7-5(9)10)6(11)12-4-2;;/h3-4H2,1-2H3,(H2,7,9,10);;. The Morgan fingerprint density at radius 2 is 1.86 bits per heavy atom. The molecule has 0 spiro atoms. The number of nitrogens with zero attached hydrogens (tertiary/aromatic N) is 1. The van der Waals surface area contributed by atoms with Crippen LogP contribution >= 0.6 is 48.8 Å². The van der Waals surface area contributed by atoms with Gasteiger partial charge in [0.2, 0.25) is 0 Å². The van der Waals surface area contributed by atoms with Crippen molar-refractivity contribution in [2.24, 2.45) is 0 Å². The minimum absolute atomic E-state index is 0. The second kappa shape index (κ2) is 12.8. The normalized spacial score (nSPS) is 7.93. The number of nitrogens with one attached hydrogen (secondary N) is 1. The van der Waals surface area contributed by atoms with Gasteiger partial charge in [0.25, 0.3) is 0 Å². The summed E-state index contributed by atoms with van der Waals surface area (Å²) in [5.74, 6) is 0.969. The molecule has 0 rings (SSSR count). The van der Waals surface area contributed by atoms with Crippen LogP contribution in [0, 0.1) is 0 Å². The van der Waals surface area contributed by atoms with Crippen LogP contribution < -0.4 is 5.43 Å². The Hall–Kier alpha value is 1.73. The van der Waals surface area contributed by atoms with Crippen LogP contribution in [0.25, 0.3) is 0 Å². The van der Waals surface area contributed by atoms with Gasteiger partial charge in [0.1, 0.15) is 4.32 Å². The quantitative estimate of drug-likeness (QED) is 0.333. The summed E-state index contributed by atoms with van der Waals surface area (Å²) in [5.41, 5.74) is 2.88. The summed E-state index contributed by atoms with van der Waals surface area (Å²) >= 11 is 15.5. The van der Waals surface area contributed by atoms with Gasteiger partial charge in [0, 0.05) is 45.5 Å². The zero-order valence-electron chi connectivity index (χ0n) is 8.45. The molecule has 0 aromatic carbocycles. The van der Waals surface area contributed by atoms with Gasteiger partial charge in [-0.1, -0.05) is 43.1 Å². The molecule has 0 radical (unpaired) electrons. The third-order valence-corrected chi connectivity index (χ3v) is 2.56. The molecule has 0 aliphatic carbocycles. The SMILES string of the molecule is CCSC(=S)N(CC)NC(=S)S.[Zn].[Zn]. The zero-order valence-corrected chi connectivity index (χ0v) is 17.7. The predicted octanol–water partition coefficient (Wildman–Crippen LogP) is 2.06. The molecule has 0 saturated heterocycles. The van der Waals surface area contributed by atoms with E-state index in [-0.39, 0.29) is 39.0 Å².